The number of ether oxygens (including phenoxy) is 3. The summed E-state index contributed by atoms with van der Waals surface area (Å²) in [6.45, 7) is 0. The fraction of sp³-hybridized carbons (Fsp3) is 0.250. The van der Waals surface area contributed by atoms with Crippen molar-refractivity contribution < 1.29 is 14.2 Å². The molecular weight excluding hydrogens is 206 g/mol. The van der Waals surface area contributed by atoms with E-state index in [9.17, 15) is 0 Å². The van der Waals surface area contributed by atoms with Crippen LogP contribution in [-0.4, -0.2) is 26.3 Å². The minimum atomic E-state index is 0.588. The zero-order valence-corrected chi connectivity index (χ0v) is 9.48. The van der Waals surface area contributed by atoms with E-state index in [1.165, 1.54) is 0 Å². The summed E-state index contributed by atoms with van der Waals surface area (Å²) in [5.74, 6) is 1.85. The summed E-state index contributed by atoms with van der Waals surface area (Å²) < 4.78 is 15.9. The first-order chi connectivity index (χ1) is 7.81. The van der Waals surface area contributed by atoms with Crippen LogP contribution in [0.4, 0.5) is 0 Å². The SMILES string of the molecule is COc1cc2ncccc2c(OC)c1OC. The Morgan fingerprint density at radius 2 is 1.75 bits per heavy atom. The fourth-order valence-corrected chi connectivity index (χ4v) is 1.70. The van der Waals surface area contributed by atoms with Gasteiger partial charge in [-0.25, -0.2) is 0 Å². The number of nitrogens with zero attached hydrogens (tertiary/aromatic N) is 1. The first-order valence-electron chi connectivity index (χ1n) is 4.85. The second-order valence-electron chi connectivity index (χ2n) is 3.22. The van der Waals surface area contributed by atoms with Crippen LogP contribution in [0.25, 0.3) is 10.9 Å². The summed E-state index contributed by atoms with van der Waals surface area (Å²) in [7, 11) is 4.78. The van der Waals surface area contributed by atoms with E-state index in [4.69, 9.17) is 14.2 Å². The molecule has 1 aromatic carbocycles. The second-order valence-corrected chi connectivity index (χ2v) is 3.22. The van der Waals surface area contributed by atoms with Gasteiger partial charge in [-0.05, 0) is 12.1 Å². The van der Waals surface area contributed by atoms with Crippen LogP contribution >= 0.6 is 0 Å². The highest BCUT2D eigenvalue weighted by Crippen LogP contribution is 2.42. The largest absolute Gasteiger partial charge is 0.493 e. The number of pyridine rings is 1. The van der Waals surface area contributed by atoms with E-state index >= 15 is 0 Å². The van der Waals surface area contributed by atoms with Gasteiger partial charge >= 0.3 is 0 Å². The third kappa shape index (κ3) is 1.52. The van der Waals surface area contributed by atoms with Crippen molar-refractivity contribution >= 4 is 10.9 Å². The molecule has 0 radical (unpaired) electrons. The van der Waals surface area contributed by atoms with Gasteiger partial charge in [0, 0.05) is 17.6 Å². The number of hydrogen-bond donors (Lipinski definition) is 0. The molecule has 16 heavy (non-hydrogen) atoms. The third-order valence-electron chi connectivity index (χ3n) is 2.41. The van der Waals surface area contributed by atoms with Crippen molar-refractivity contribution in [1.82, 2.24) is 4.98 Å². The summed E-state index contributed by atoms with van der Waals surface area (Å²) in [4.78, 5) is 4.26. The van der Waals surface area contributed by atoms with Crippen molar-refractivity contribution in [3.05, 3.63) is 24.4 Å². The molecule has 0 bridgehead atoms. The van der Waals surface area contributed by atoms with Crippen LogP contribution in [0.1, 0.15) is 0 Å². The van der Waals surface area contributed by atoms with Crippen molar-refractivity contribution in [3.63, 3.8) is 0 Å². The molecule has 0 unspecified atom stereocenters. The van der Waals surface area contributed by atoms with Gasteiger partial charge in [0.1, 0.15) is 0 Å². The van der Waals surface area contributed by atoms with Crippen LogP contribution in [0.2, 0.25) is 0 Å². The van der Waals surface area contributed by atoms with Crippen LogP contribution in [0.5, 0.6) is 17.2 Å². The normalized spacial score (nSPS) is 10.2. The highest BCUT2D eigenvalue weighted by molar-refractivity contribution is 5.90. The molecule has 0 amide bonds. The molecule has 2 aromatic rings. The molecule has 1 heterocycles. The van der Waals surface area contributed by atoms with E-state index in [0.29, 0.717) is 17.2 Å². The summed E-state index contributed by atoms with van der Waals surface area (Å²) in [6, 6.07) is 5.62. The van der Waals surface area contributed by atoms with Crippen LogP contribution in [-0.2, 0) is 0 Å². The lowest BCUT2D eigenvalue weighted by molar-refractivity contribution is 0.327. The molecule has 0 saturated heterocycles. The molecule has 4 nitrogen and oxygen atoms in total. The van der Waals surface area contributed by atoms with Gasteiger partial charge in [0.25, 0.3) is 0 Å². The Hall–Kier alpha value is -1.97. The van der Waals surface area contributed by atoms with Crippen molar-refractivity contribution in [2.75, 3.05) is 21.3 Å². The predicted molar refractivity (Wildman–Crippen MR) is 61.4 cm³/mol. The number of hydrogen-bond acceptors (Lipinski definition) is 4. The van der Waals surface area contributed by atoms with Gasteiger partial charge in [0.2, 0.25) is 5.75 Å². The van der Waals surface area contributed by atoms with Crippen molar-refractivity contribution in [1.29, 1.82) is 0 Å². The van der Waals surface area contributed by atoms with Crippen LogP contribution in [0, 0.1) is 0 Å². The fourth-order valence-electron chi connectivity index (χ4n) is 1.70. The number of aromatic nitrogens is 1. The van der Waals surface area contributed by atoms with Crippen LogP contribution < -0.4 is 14.2 Å². The van der Waals surface area contributed by atoms with Gasteiger partial charge in [0.15, 0.2) is 11.5 Å². The van der Waals surface area contributed by atoms with E-state index in [-0.39, 0.29) is 0 Å². The molecule has 0 aliphatic heterocycles. The van der Waals surface area contributed by atoms with Gasteiger partial charge in [-0.3, -0.25) is 4.98 Å². The van der Waals surface area contributed by atoms with Crippen LogP contribution in [0.3, 0.4) is 0 Å². The highest BCUT2D eigenvalue weighted by atomic mass is 16.5. The molecule has 0 fully saturated rings. The second kappa shape index (κ2) is 4.26. The number of rotatable bonds is 3. The maximum Gasteiger partial charge on any atom is 0.204 e. The van der Waals surface area contributed by atoms with E-state index in [1.807, 2.05) is 18.2 Å². The Labute approximate surface area is 93.8 Å². The maximum atomic E-state index is 5.35. The quantitative estimate of drug-likeness (QED) is 0.794. The monoisotopic (exact) mass is 219 g/mol. The topological polar surface area (TPSA) is 40.6 Å². The summed E-state index contributed by atoms with van der Waals surface area (Å²) in [5.41, 5.74) is 0.817. The zero-order chi connectivity index (χ0) is 11.5. The van der Waals surface area contributed by atoms with E-state index in [2.05, 4.69) is 4.98 Å². The smallest absolute Gasteiger partial charge is 0.204 e. The molecule has 0 saturated carbocycles. The predicted octanol–water partition coefficient (Wildman–Crippen LogP) is 2.26. The van der Waals surface area contributed by atoms with Crippen molar-refractivity contribution in [3.8, 4) is 17.2 Å². The first kappa shape index (κ1) is 10.5. The molecule has 0 aliphatic rings. The Morgan fingerprint density at radius 1 is 1.00 bits per heavy atom. The maximum absolute atomic E-state index is 5.35. The van der Waals surface area contributed by atoms with Crippen molar-refractivity contribution in [2.45, 2.75) is 0 Å². The van der Waals surface area contributed by atoms with Gasteiger partial charge in [-0.2, -0.15) is 0 Å². The lowest BCUT2D eigenvalue weighted by atomic mass is 10.1. The van der Waals surface area contributed by atoms with Crippen molar-refractivity contribution in [2.24, 2.45) is 0 Å². The molecule has 4 heteroatoms. The summed E-state index contributed by atoms with van der Waals surface area (Å²) in [5, 5.41) is 0.905. The molecule has 1 aromatic heterocycles. The van der Waals surface area contributed by atoms with E-state index < -0.39 is 0 Å². The van der Waals surface area contributed by atoms with Gasteiger partial charge in [0.05, 0.1) is 26.8 Å². The molecule has 84 valence electrons. The molecule has 0 spiro atoms. The average Bonchev–Trinajstić information content (AvgIpc) is 2.36. The standard InChI is InChI=1S/C12H13NO3/c1-14-10-7-9-8(5-4-6-13-9)11(15-2)12(10)16-3/h4-7H,1-3H3. The number of fused-ring (bicyclic) bond motifs is 1. The Kier molecular flexibility index (Phi) is 2.81. The minimum absolute atomic E-state index is 0.588. The molecule has 0 atom stereocenters. The first-order valence-corrected chi connectivity index (χ1v) is 4.85. The Balaban J connectivity index is 2.82. The number of methoxy groups -OCH3 is 3. The zero-order valence-electron chi connectivity index (χ0n) is 9.48. The molecule has 2 rings (SSSR count). The Morgan fingerprint density at radius 3 is 2.38 bits per heavy atom. The molecular formula is C12H13NO3. The lowest BCUT2D eigenvalue weighted by Gasteiger charge is -2.13. The summed E-state index contributed by atoms with van der Waals surface area (Å²) in [6.07, 6.45) is 1.73. The van der Waals surface area contributed by atoms with Gasteiger partial charge < -0.3 is 14.2 Å². The van der Waals surface area contributed by atoms with E-state index in [1.54, 1.807) is 27.5 Å². The third-order valence-corrected chi connectivity index (χ3v) is 2.41. The van der Waals surface area contributed by atoms with Gasteiger partial charge in [-0.15, -0.1) is 0 Å². The van der Waals surface area contributed by atoms with Gasteiger partial charge in [-0.1, -0.05) is 0 Å². The van der Waals surface area contributed by atoms with E-state index in [0.717, 1.165) is 10.9 Å². The number of benzene rings is 1. The molecule has 0 N–H and O–H groups in total. The lowest BCUT2D eigenvalue weighted by Crippen LogP contribution is -1.96. The Bertz CT molecular complexity index is 511. The highest BCUT2D eigenvalue weighted by Gasteiger charge is 2.15. The molecule has 0 aliphatic carbocycles. The van der Waals surface area contributed by atoms with Crippen LogP contribution in [0.15, 0.2) is 24.4 Å². The average molecular weight is 219 g/mol. The minimum Gasteiger partial charge on any atom is -0.493 e. The summed E-state index contributed by atoms with van der Waals surface area (Å²) >= 11 is 0.